The van der Waals surface area contributed by atoms with E-state index < -0.39 is 17.9 Å². The Kier molecular flexibility index (Phi) is 7.17. The molecule has 1 saturated heterocycles. The number of thioether (sulfide) groups is 1. The van der Waals surface area contributed by atoms with E-state index in [1.807, 2.05) is 13.0 Å². The predicted molar refractivity (Wildman–Crippen MR) is 123 cm³/mol. The maximum absolute atomic E-state index is 13.2. The van der Waals surface area contributed by atoms with Crippen molar-refractivity contribution in [2.75, 3.05) is 13.7 Å². The fourth-order valence-electron chi connectivity index (χ4n) is 2.93. The molecule has 0 radical (unpaired) electrons. The standard InChI is InChI=1S/C21H18BrNO5S2/c1-3-28-15-10-12(9-14(22)18(15)24)11-16-19(25)23(21(29)30-16)17(20(26)27-2)13-7-5-4-6-8-13/h4-11,17,24H,3H2,1-2H3/b16-11-. The summed E-state index contributed by atoms with van der Waals surface area (Å²) in [5.74, 6) is -0.696. The Morgan fingerprint density at radius 1 is 1.33 bits per heavy atom. The summed E-state index contributed by atoms with van der Waals surface area (Å²) in [5.41, 5.74) is 1.24. The maximum atomic E-state index is 13.2. The molecule has 1 heterocycles. The summed E-state index contributed by atoms with van der Waals surface area (Å²) < 4.78 is 11.1. The van der Waals surface area contributed by atoms with E-state index in [0.29, 0.717) is 32.9 Å². The molecule has 6 nitrogen and oxygen atoms in total. The molecule has 2 aromatic rings. The highest BCUT2D eigenvalue weighted by Crippen LogP contribution is 2.41. The molecule has 0 aromatic heterocycles. The molecule has 1 unspecified atom stereocenters. The molecule has 3 rings (SSSR count). The van der Waals surface area contributed by atoms with Crippen molar-refractivity contribution in [3.8, 4) is 11.5 Å². The number of esters is 1. The van der Waals surface area contributed by atoms with Gasteiger partial charge in [0.1, 0.15) is 4.32 Å². The number of carbonyl (C=O) groups is 2. The average Bonchev–Trinajstić information content (AvgIpc) is 3.00. The lowest BCUT2D eigenvalue weighted by molar-refractivity contribution is -0.148. The number of phenols is 1. The Morgan fingerprint density at radius 2 is 2.03 bits per heavy atom. The zero-order chi connectivity index (χ0) is 21.8. The highest BCUT2D eigenvalue weighted by Gasteiger charge is 2.41. The third-order valence-corrected chi connectivity index (χ3v) is 6.20. The number of nitrogens with zero attached hydrogens (tertiary/aromatic N) is 1. The molecule has 1 atom stereocenters. The highest BCUT2D eigenvalue weighted by atomic mass is 79.9. The van der Waals surface area contributed by atoms with Gasteiger partial charge in [0.2, 0.25) is 0 Å². The minimum atomic E-state index is -0.972. The van der Waals surface area contributed by atoms with Gasteiger partial charge in [0, 0.05) is 0 Å². The Balaban J connectivity index is 1.99. The zero-order valence-electron chi connectivity index (χ0n) is 16.1. The molecular weight excluding hydrogens is 490 g/mol. The first-order chi connectivity index (χ1) is 14.4. The molecule has 1 aliphatic heterocycles. The van der Waals surface area contributed by atoms with Crippen molar-refractivity contribution in [1.29, 1.82) is 0 Å². The Labute approximate surface area is 192 Å². The zero-order valence-corrected chi connectivity index (χ0v) is 19.3. The minimum absolute atomic E-state index is 0.0172. The fourth-order valence-corrected chi connectivity index (χ4v) is 4.71. The summed E-state index contributed by atoms with van der Waals surface area (Å²) in [6.45, 7) is 2.19. The molecule has 9 heteroatoms. The van der Waals surface area contributed by atoms with Gasteiger partial charge in [0.05, 0.1) is 23.1 Å². The van der Waals surface area contributed by atoms with E-state index in [2.05, 4.69) is 15.9 Å². The van der Waals surface area contributed by atoms with Crippen LogP contribution >= 0.6 is 39.9 Å². The third-order valence-electron chi connectivity index (χ3n) is 4.27. The van der Waals surface area contributed by atoms with Gasteiger partial charge in [-0.1, -0.05) is 54.3 Å². The van der Waals surface area contributed by atoms with Gasteiger partial charge in [0.25, 0.3) is 5.91 Å². The minimum Gasteiger partial charge on any atom is -0.503 e. The SMILES string of the molecule is CCOc1cc(/C=C2\SC(=S)N(C(C(=O)OC)c3ccccc3)C2=O)cc(Br)c1O. The summed E-state index contributed by atoms with van der Waals surface area (Å²) in [4.78, 5) is 27.3. The van der Waals surface area contributed by atoms with E-state index in [1.165, 1.54) is 12.0 Å². The van der Waals surface area contributed by atoms with E-state index in [9.17, 15) is 14.7 Å². The number of ether oxygens (including phenoxy) is 2. The molecule has 0 aliphatic carbocycles. The van der Waals surface area contributed by atoms with Crippen molar-refractivity contribution in [1.82, 2.24) is 4.90 Å². The van der Waals surface area contributed by atoms with Crippen LogP contribution in [-0.4, -0.2) is 39.9 Å². The lowest BCUT2D eigenvalue weighted by Crippen LogP contribution is -2.37. The number of hydrogen-bond donors (Lipinski definition) is 1. The predicted octanol–water partition coefficient (Wildman–Crippen LogP) is 4.67. The number of phenolic OH excluding ortho intramolecular Hbond substituents is 1. The second-order valence-corrected chi connectivity index (χ2v) is 8.70. The highest BCUT2D eigenvalue weighted by molar-refractivity contribution is 9.10. The number of aromatic hydroxyl groups is 1. The summed E-state index contributed by atoms with van der Waals surface area (Å²) in [6, 6.07) is 11.2. The van der Waals surface area contributed by atoms with E-state index >= 15 is 0 Å². The maximum Gasteiger partial charge on any atom is 0.333 e. The Bertz CT molecular complexity index is 1030. The third kappa shape index (κ3) is 4.53. The van der Waals surface area contributed by atoms with Gasteiger partial charge < -0.3 is 14.6 Å². The molecule has 1 amide bonds. The normalized spacial score (nSPS) is 16.1. The summed E-state index contributed by atoms with van der Waals surface area (Å²) in [7, 11) is 1.27. The van der Waals surface area contributed by atoms with Gasteiger partial charge in [-0.3, -0.25) is 9.69 Å². The van der Waals surface area contributed by atoms with E-state index in [4.69, 9.17) is 21.7 Å². The van der Waals surface area contributed by atoms with Gasteiger partial charge >= 0.3 is 5.97 Å². The number of thiocarbonyl (C=S) groups is 1. The Morgan fingerprint density at radius 3 is 2.67 bits per heavy atom. The van der Waals surface area contributed by atoms with Crippen LogP contribution in [0.2, 0.25) is 0 Å². The number of methoxy groups -OCH3 is 1. The van der Waals surface area contributed by atoms with Crippen LogP contribution in [0.3, 0.4) is 0 Å². The van der Waals surface area contributed by atoms with Crippen molar-refractivity contribution in [3.63, 3.8) is 0 Å². The van der Waals surface area contributed by atoms with Crippen molar-refractivity contribution in [3.05, 3.63) is 63.0 Å². The van der Waals surface area contributed by atoms with Gasteiger partial charge in [-0.05, 0) is 52.2 Å². The molecular formula is C21H18BrNO5S2. The van der Waals surface area contributed by atoms with Crippen molar-refractivity contribution in [2.24, 2.45) is 0 Å². The number of halogens is 1. The van der Waals surface area contributed by atoms with Crippen LogP contribution in [0, 0.1) is 0 Å². The molecule has 1 N–H and O–H groups in total. The van der Waals surface area contributed by atoms with Crippen molar-refractivity contribution in [2.45, 2.75) is 13.0 Å². The molecule has 0 spiro atoms. The average molecular weight is 508 g/mol. The monoisotopic (exact) mass is 507 g/mol. The van der Waals surface area contributed by atoms with Gasteiger partial charge in [-0.25, -0.2) is 4.79 Å². The van der Waals surface area contributed by atoms with E-state index in [-0.39, 0.29) is 10.1 Å². The molecule has 30 heavy (non-hydrogen) atoms. The topological polar surface area (TPSA) is 76.1 Å². The largest absolute Gasteiger partial charge is 0.503 e. The Hall–Kier alpha value is -2.36. The fraction of sp³-hybridized carbons (Fsp3) is 0.190. The first-order valence-electron chi connectivity index (χ1n) is 8.92. The smallest absolute Gasteiger partial charge is 0.333 e. The summed E-state index contributed by atoms with van der Waals surface area (Å²) in [6.07, 6.45) is 1.64. The van der Waals surface area contributed by atoms with E-state index in [1.54, 1.807) is 42.5 Å². The number of carbonyl (C=O) groups excluding carboxylic acids is 2. The van der Waals surface area contributed by atoms with Crippen LogP contribution in [-0.2, 0) is 14.3 Å². The summed E-state index contributed by atoms with van der Waals surface area (Å²) in [5, 5.41) is 10.1. The lowest BCUT2D eigenvalue weighted by atomic mass is 10.1. The first-order valence-corrected chi connectivity index (χ1v) is 10.9. The second kappa shape index (κ2) is 9.63. The van der Waals surface area contributed by atoms with Crippen LogP contribution < -0.4 is 4.74 Å². The van der Waals surface area contributed by atoms with Crippen LogP contribution in [0.15, 0.2) is 51.8 Å². The first kappa shape index (κ1) is 22.3. The molecule has 0 bridgehead atoms. The van der Waals surface area contributed by atoms with E-state index in [0.717, 1.165) is 11.8 Å². The quantitative estimate of drug-likeness (QED) is 0.345. The number of benzene rings is 2. The van der Waals surface area contributed by atoms with Crippen molar-refractivity contribution >= 4 is 62.2 Å². The molecule has 2 aromatic carbocycles. The van der Waals surface area contributed by atoms with Gasteiger partial charge in [-0.15, -0.1) is 0 Å². The molecule has 1 fully saturated rings. The number of hydrogen-bond acceptors (Lipinski definition) is 7. The number of amides is 1. The van der Waals surface area contributed by atoms with Gasteiger partial charge in [-0.2, -0.15) is 0 Å². The number of rotatable bonds is 6. The van der Waals surface area contributed by atoms with Crippen LogP contribution in [0.5, 0.6) is 11.5 Å². The van der Waals surface area contributed by atoms with Crippen LogP contribution in [0.25, 0.3) is 6.08 Å². The second-order valence-electron chi connectivity index (χ2n) is 6.17. The van der Waals surface area contributed by atoms with Gasteiger partial charge in [0.15, 0.2) is 17.5 Å². The summed E-state index contributed by atoms with van der Waals surface area (Å²) >= 11 is 9.80. The molecule has 156 valence electrons. The van der Waals surface area contributed by atoms with Crippen LogP contribution in [0.1, 0.15) is 24.1 Å². The molecule has 0 saturated carbocycles. The molecule has 1 aliphatic rings. The van der Waals surface area contributed by atoms with Crippen LogP contribution in [0.4, 0.5) is 0 Å². The lowest BCUT2D eigenvalue weighted by Gasteiger charge is -2.24. The van der Waals surface area contributed by atoms with Crippen molar-refractivity contribution < 1.29 is 24.2 Å².